The van der Waals surface area contributed by atoms with E-state index in [0.717, 1.165) is 6.42 Å². The zero-order chi connectivity index (χ0) is 14.6. The molecule has 114 valence electrons. The Bertz CT molecular complexity index is 219. The summed E-state index contributed by atoms with van der Waals surface area (Å²) < 4.78 is 22.3. The number of hydrogen-bond donors (Lipinski definition) is 1. The van der Waals surface area contributed by atoms with Crippen LogP contribution in [-0.2, 0) is 22.8 Å². The van der Waals surface area contributed by atoms with Crippen LogP contribution in [0.1, 0.15) is 33.6 Å². The monoisotopic (exact) mass is 294 g/mol. The molecule has 1 N–H and O–H groups in total. The minimum Gasteiger partial charge on any atom is -0.481 e. The third-order valence-corrected chi connectivity index (χ3v) is 5.48. The van der Waals surface area contributed by atoms with Crippen LogP contribution < -0.4 is 0 Å². The Morgan fingerprint density at radius 2 is 1.53 bits per heavy atom. The topological polar surface area (TPSA) is 74.2 Å². The summed E-state index contributed by atoms with van der Waals surface area (Å²) in [6.07, 6.45) is 0.775. The van der Waals surface area contributed by atoms with Crippen LogP contribution in [0.4, 0.5) is 0 Å². The quantitative estimate of drug-likeness (QED) is 0.413. The Kier molecular flexibility index (Phi) is 11.1. The highest BCUT2D eigenvalue weighted by Gasteiger charge is 2.39. The molecule has 0 unspecified atom stereocenters. The highest BCUT2D eigenvalue weighted by Crippen LogP contribution is 2.18. The Morgan fingerprint density at radius 3 is 1.95 bits per heavy atom. The van der Waals surface area contributed by atoms with E-state index in [1.165, 1.54) is 0 Å². The number of ether oxygens (including phenoxy) is 1. The zero-order valence-corrected chi connectivity index (χ0v) is 13.1. The molecule has 0 aromatic rings. The van der Waals surface area contributed by atoms with Gasteiger partial charge in [0.2, 0.25) is 0 Å². The molecule has 0 rings (SSSR count). The van der Waals surface area contributed by atoms with Crippen LogP contribution in [0.5, 0.6) is 0 Å². The van der Waals surface area contributed by atoms with Crippen molar-refractivity contribution in [3.05, 3.63) is 0 Å². The molecule has 0 aliphatic carbocycles. The molecule has 0 atom stereocenters. The Hall–Kier alpha value is -0.473. The van der Waals surface area contributed by atoms with Crippen molar-refractivity contribution in [2.75, 3.05) is 33.0 Å². The van der Waals surface area contributed by atoms with Gasteiger partial charge in [0, 0.05) is 32.5 Å². The van der Waals surface area contributed by atoms with Crippen LogP contribution in [0.25, 0.3) is 0 Å². The lowest BCUT2D eigenvalue weighted by molar-refractivity contribution is -0.138. The maximum Gasteiger partial charge on any atom is 0.501 e. The second kappa shape index (κ2) is 11.4. The molecule has 0 aromatic heterocycles. The average Bonchev–Trinajstić information content (AvgIpc) is 2.34. The third kappa shape index (κ3) is 9.12. The predicted molar refractivity (Wildman–Crippen MR) is 73.1 cm³/mol. The minimum absolute atomic E-state index is 0.0327. The van der Waals surface area contributed by atoms with Crippen LogP contribution >= 0.6 is 0 Å². The van der Waals surface area contributed by atoms with Crippen molar-refractivity contribution in [1.82, 2.24) is 0 Å². The van der Waals surface area contributed by atoms with E-state index in [0.29, 0.717) is 32.5 Å². The van der Waals surface area contributed by atoms with Crippen molar-refractivity contribution in [3.8, 4) is 0 Å². The van der Waals surface area contributed by atoms with Crippen LogP contribution in [0.2, 0.25) is 6.04 Å². The first kappa shape index (κ1) is 18.5. The number of rotatable bonds is 13. The number of carboxylic acids is 1. The van der Waals surface area contributed by atoms with E-state index in [4.69, 9.17) is 23.1 Å². The molecule has 6 nitrogen and oxygen atoms in total. The van der Waals surface area contributed by atoms with E-state index in [1.54, 1.807) is 0 Å². The first-order valence-electron chi connectivity index (χ1n) is 6.81. The molecule has 7 heteroatoms. The molecular weight excluding hydrogens is 268 g/mol. The highest BCUT2D eigenvalue weighted by molar-refractivity contribution is 6.60. The van der Waals surface area contributed by atoms with E-state index in [9.17, 15) is 4.79 Å². The molecule has 0 aromatic carbocycles. The number of hydrogen-bond acceptors (Lipinski definition) is 5. The van der Waals surface area contributed by atoms with E-state index in [2.05, 4.69) is 0 Å². The summed E-state index contributed by atoms with van der Waals surface area (Å²) >= 11 is 0. The fourth-order valence-electron chi connectivity index (χ4n) is 1.65. The van der Waals surface area contributed by atoms with Crippen LogP contribution in [0, 0.1) is 0 Å². The fraction of sp³-hybridized carbons (Fsp3) is 0.917. The lowest BCUT2D eigenvalue weighted by Gasteiger charge is -2.28. The van der Waals surface area contributed by atoms with E-state index >= 15 is 0 Å². The lowest BCUT2D eigenvalue weighted by Crippen LogP contribution is -2.46. The van der Waals surface area contributed by atoms with Crippen LogP contribution in [0.15, 0.2) is 0 Å². The molecule has 0 spiro atoms. The second-order valence-electron chi connectivity index (χ2n) is 3.84. The van der Waals surface area contributed by atoms with Crippen molar-refractivity contribution in [2.45, 2.75) is 39.7 Å². The van der Waals surface area contributed by atoms with Gasteiger partial charge in [-0.15, -0.1) is 0 Å². The molecule has 0 radical (unpaired) electrons. The van der Waals surface area contributed by atoms with Crippen molar-refractivity contribution in [2.24, 2.45) is 0 Å². The lowest BCUT2D eigenvalue weighted by atomic mass is 10.4. The molecule has 0 fully saturated rings. The standard InChI is InChI=1S/C12H26O6Si/c1-4-16-19(17-5-2,18-6-3)11-7-9-15-10-8-12(13)14/h4-11H2,1-3H3,(H,13,14). The van der Waals surface area contributed by atoms with Gasteiger partial charge in [-0.2, -0.15) is 0 Å². The van der Waals surface area contributed by atoms with Crippen molar-refractivity contribution >= 4 is 14.8 Å². The van der Waals surface area contributed by atoms with Gasteiger partial charge in [0.15, 0.2) is 0 Å². The maximum atomic E-state index is 10.3. The normalized spacial score (nSPS) is 11.7. The Morgan fingerprint density at radius 1 is 1.00 bits per heavy atom. The molecule has 0 bridgehead atoms. The molecule has 0 heterocycles. The van der Waals surface area contributed by atoms with Gasteiger partial charge in [-0.25, -0.2) is 0 Å². The molecule has 0 amide bonds. The summed E-state index contributed by atoms with van der Waals surface area (Å²) in [6, 6.07) is 0.690. The Labute approximate surface area is 116 Å². The number of carbonyl (C=O) groups is 1. The van der Waals surface area contributed by atoms with Gasteiger partial charge in [-0.05, 0) is 27.2 Å². The smallest absolute Gasteiger partial charge is 0.481 e. The van der Waals surface area contributed by atoms with Crippen molar-refractivity contribution < 1.29 is 27.9 Å². The average molecular weight is 294 g/mol. The van der Waals surface area contributed by atoms with Crippen LogP contribution in [-0.4, -0.2) is 52.9 Å². The minimum atomic E-state index is -2.57. The zero-order valence-electron chi connectivity index (χ0n) is 12.1. The SMILES string of the molecule is CCO[Si](CCCOCCC(=O)O)(OCC)OCC. The summed E-state index contributed by atoms with van der Waals surface area (Å²) in [7, 11) is -2.57. The van der Waals surface area contributed by atoms with Gasteiger partial charge in [0.25, 0.3) is 0 Å². The number of carboxylic acid groups (broad SMARTS) is 1. The van der Waals surface area contributed by atoms with Gasteiger partial charge in [0.1, 0.15) is 0 Å². The van der Waals surface area contributed by atoms with E-state index in [1.807, 2.05) is 20.8 Å². The maximum absolute atomic E-state index is 10.3. The summed E-state index contributed by atoms with van der Waals surface area (Å²) in [5.74, 6) is -0.846. The van der Waals surface area contributed by atoms with E-state index in [-0.39, 0.29) is 13.0 Å². The summed E-state index contributed by atoms with van der Waals surface area (Å²) in [6.45, 7) is 8.18. The Balaban J connectivity index is 3.99. The number of aliphatic carboxylic acids is 1. The van der Waals surface area contributed by atoms with Gasteiger partial charge in [0.05, 0.1) is 13.0 Å². The molecule has 0 saturated heterocycles. The summed E-state index contributed by atoms with van der Waals surface area (Å²) in [5.41, 5.74) is 0. The first-order valence-corrected chi connectivity index (χ1v) is 8.74. The molecular formula is C12H26O6Si. The summed E-state index contributed by atoms with van der Waals surface area (Å²) in [5, 5.41) is 8.48. The van der Waals surface area contributed by atoms with Gasteiger partial charge >= 0.3 is 14.8 Å². The molecule has 0 saturated carbocycles. The van der Waals surface area contributed by atoms with Crippen molar-refractivity contribution in [1.29, 1.82) is 0 Å². The molecule has 0 aliphatic rings. The molecule has 0 aliphatic heterocycles. The molecule has 19 heavy (non-hydrogen) atoms. The van der Waals surface area contributed by atoms with Gasteiger partial charge in [-0.3, -0.25) is 4.79 Å². The highest BCUT2D eigenvalue weighted by atomic mass is 28.4. The van der Waals surface area contributed by atoms with Gasteiger partial charge in [-0.1, -0.05) is 0 Å². The largest absolute Gasteiger partial charge is 0.501 e. The predicted octanol–water partition coefficient (Wildman–Crippen LogP) is 1.92. The van der Waals surface area contributed by atoms with E-state index < -0.39 is 14.8 Å². The first-order chi connectivity index (χ1) is 9.10. The van der Waals surface area contributed by atoms with Crippen molar-refractivity contribution in [3.63, 3.8) is 0 Å². The fourth-order valence-corrected chi connectivity index (χ4v) is 4.23. The second-order valence-corrected chi connectivity index (χ2v) is 6.57. The summed E-state index contributed by atoms with van der Waals surface area (Å²) in [4.78, 5) is 10.3. The van der Waals surface area contributed by atoms with Crippen LogP contribution in [0.3, 0.4) is 0 Å². The van der Waals surface area contributed by atoms with Gasteiger partial charge < -0.3 is 23.1 Å². The third-order valence-electron chi connectivity index (χ3n) is 2.32.